The lowest BCUT2D eigenvalue weighted by atomic mass is 10.0. The van der Waals surface area contributed by atoms with E-state index in [2.05, 4.69) is 15.9 Å². The Labute approximate surface area is 88.3 Å². The molecule has 5 heteroatoms. The molecule has 1 rings (SSSR count). The summed E-state index contributed by atoms with van der Waals surface area (Å²) in [5.41, 5.74) is 0.305. The number of hydrogen-bond donors (Lipinski definition) is 2. The first-order chi connectivity index (χ1) is 6.43. The van der Waals surface area contributed by atoms with E-state index in [9.17, 15) is 9.18 Å². The molecule has 0 fully saturated rings. The van der Waals surface area contributed by atoms with Gasteiger partial charge >= 0.3 is 5.97 Å². The minimum atomic E-state index is -1.04. The van der Waals surface area contributed by atoms with Gasteiger partial charge < -0.3 is 10.2 Å². The van der Waals surface area contributed by atoms with Crippen molar-refractivity contribution in [2.45, 2.75) is 12.8 Å². The SMILES string of the molecule is CC(C(=O)O)c1cc(F)c(O)c(Br)c1. The summed E-state index contributed by atoms with van der Waals surface area (Å²) in [5.74, 6) is -3.18. The highest BCUT2D eigenvalue weighted by Crippen LogP contribution is 2.30. The Kier molecular flexibility index (Phi) is 3.10. The zero-order valence-electron chi connectivity index (χ0n) is 7.29. The molecule has 0 saturated heterocycles. The zero-order valence-corrected chi connectivity index (χ0v) is 8.88. The number of aromatic hydroxyl groups is 1. The van der Waals surface area contributed by atoms with E-state index in [-0.39, 0.29) is 4.47 Å². The Bertz CT molecular complexity index is 355. The lowest BCUT2D eigenvalue weighted by Crippen LogP contribution is -2.07. The second-order valence-corrected chi connectivity index (χ2v) is 3.75. The molecule has 0 bridgehead atoms. The molecule has 1 atom stereocenters. The topological polar surface area (TPSA) is 57.5 Å². The molecular weight excluding hydrogens is 255 g/mol. The van der Waals surface area contributed by atoms with Gasteiger partial charge in [0.15, 0.2) is 11.6 Å². The summed E-state index contributed by atoms with van der Waals surface area (Å²) in [7, 11) is 0. The minimum absolute atomic E-state index is 0.153. The molecule has 1 unspecified atom stereocenters. The van der Waals surface area contributed by atoms with Gasteiger partial charge in [-0.15, -0.1) is 0 Å². The second kappa shape index (κ2) is 3.96. The van der Waals surface area contributed by atoms with Crippen LogP contribution in [0.4, 0.5) is 4.39 Å². The maximum absolute atomic E-state index is 13.0. The van der Waals surface area contributed by atoms with E-state index in [1.54, 1.807) is 0 Å². The van der Waals surface area contributed by atoms with Crippen molar-refractivity contribution in [3.8, 4) is 5.75 Å². The van der Waals surface area contributed by atoms with Crippen molar-refractivity contribution >= 4 is 21.9 Å². The van der Waals surface area contributed by atoms with Crippen molar-refractivity contribution in [3.63, 3.8) is 0 Å². The van der Waals surface area contributed by atoms with E-state index >= 15 is 0 Å². The molecule has 0 aliphatic heterocycles. The third kappa shape index (κ3) is 2.04. The molecule has 1 aromatic carbocycles. The van der Waals surface area contributed by atoms with Crippen molar-refractivity contribution in [3.05, 3.63) is 28.0 Å². The van der Waals surface area contributed by atoms with Crippen LogP contribution in [0, 0.1) is 5.82 Å². The lowest BCUT2D eigenvalue weighted by molar-refractivity contribution is -0.138. The largest absolute Gasteiger partial charge is 0.504 e. The quantitative estimate of drug-likeness (QED) is 0.861. The summed E-state index contributed by atoms with van der Waals surface area (Å²) in [6.07, 6.45) is 0. The molecule has 0 heterocycles. The number of halogens is 2. The predicted octanol–water partition coefficient (Wildman–Crippen LogP) is 2.48. The van der Waals surface area contributed by atoms with Gasteiger partial charge in [-0.1, -0.05) is 0 Å². The monoisotopic (exact) mass is 262 g/mol. The molecule has 76 valence electrons. The number of carboxylic acids is 1. The molecule has 0 aromatic heterocycles. The Morgan fingerprint density at radius 2 is 2.14 bits per heavy atom. The highest BCUT2D eigenvalue weighted by atomic mass is 79.9. The molecular formula is C9H8BrFO3. The third-order valence-electron chi connectivity index (χ3n) is 1.91. The number of rotatable bonds is 2. The summed E-state index contributed by atoms with van der Waals surface area (Å²) in [6, 6.07) is 2.40. The van der Waals surface area contributed by atoms with Crippen LogP contribution in [0.5, 0.6) is 5.75 Å². The van der Waals surface area contributed by atoms with E-state index in [4.69, 9.17) is 10.2 Å². The van der Waals surface area contributed by atoms with Crippen molar-refractivity contribution in [2.24, 2.45) is 0 Å². The number of carbonyl (C=O) groups is 1. The first-order valence-corrected chi connectivity index (χ1v) is 4.63. The fraction of sp³-hybridized carbons (Fsp3) is 0.222. The highest BCUT2D eigenvalue weighted by molar-refractivity contribution is 9.10. The Balaban J connectivity index is 3.19. The number of phenolic OH excluding ortho intramolecular Hbond substituents is 1. The number of hydrogen-bond acceptors (Lipinski definition) is 2. The van der Waals surface area contributed by atoms with Crippen LogP contribution < -0.4 is 0 Å². The minimum Gasteiger partial charge on any atom is -0.504 e. The molecule has 0 aliphatic carbocycles. The van der Waals surface area contributed by atoms with Gasteiger partial charge in [-0.2, -0.15) is 0 Å². The number of aliphatic carboxylic acids is 1. The summed E-state index contributed by atoms with van der Waals surface area (Å²) in [6.45, 7) is 1.45. The highest BCUT2D eigenvalue weighted by Gasteiger charge is 2.17. The summed E-state index contributed by atoms with van der Waals surface area (Å²) < 4.78 is 13.1. The summed E-state index contributed by atoms with van der Waals surface area (Å²) in [5, 5.41) is 17.8. The van der Waals surface area contributed by atoms with Crippen LogP contribution in [0.1, 0.15) is 18.4 Å². The lowest BCUT2D eigenvalue weighted by Gasteiger charge is -2.08. The van der Waals surface area contributed by atoms with Crippen LogP contribution in [0.3, 0.4) is 0 Å². The molecule has 0 radical (unpaired) electrons. The smallest absolute Gasteiger partial charge is 0.310 e. The normalized spacial score (nSPS) is 12.5. The van der Waals surface area contributed by atoms with Crippen LogP contribution in [-0.4, -0.2) is 16.2 Å². The van der Waals surface area contributed by atoms with Crippen LogP contribution in [0.2, 0.25) is 0 Å². The summed E-state index contributed by atoms with van der Waals surface area (Å²) >= 11 is 2.93. The number of phenols is 1. The maximum atomic E-state index is 13.0. The predicted molar refractivity (Wildman–Crippen MR) is 51.8 cm³/mol. The molecule has 3 nitrogen and oxygen atoms in total. The van der Waals surface area contributed by atoms with Crippen molar-refractivity contribution in [1.82, 2.24) is 0 Å². The number of carboxylic acid groups (broad SMARTS) is 1. The second-order valence-electron chi connectivity index (χ2n) is 2.89. The molecule has 0 aliphatic rings. The van der Waals surface area contributed by atoms with E-state index in [0.29, 0.717) is 5.56 Å². The third-order valence-corrected chi connectivity index (χ3v) is 2.51. The molecule has 14 heavy (non-hydrogen) atoms. The fourth-order valence-electron chi connectivity index (χ4n) is 0.978. The van der Waals surface area contributed by atoms with Gasteiger partial charge in [0.2, 0.25) is 0 Å². The van der Waals surface area contributed by atoms with Crippen molar-refractivity contribution in [1.29, 1.82) is 0 Å². The van der Waals surface area contributed by atoms with Crippen LogP contribution >= 0.6 is 15.9 Å². The van der Waals surface area contributed by atoms with Crippen molar-refractivity contribution < 1.29 is 19.4 Å². The van der Waals surface area contributed by atoms with E-state index < -0.39 is 23.5 Å². The van der Waals surface area contributed by atoms with Gasteiger partial charge in [-0.25, -0.2) is 4.39 Å². The zero-order chi connectivity index (χ0) is 10.9. The Morgan fingerprint density at radius 3 is 2.57 bits per heavy atom. The van der Waals surface area contributed by atoms with Crippen LogP contribution in [0.15, 0.2) is 16.6 Å². The summed E-state index contributed by atoms with van der Waals surface area (Å²) in [4.78, 5) is 10.6. The standard InChI is InChI=1S/C9H8BrFO3/c1-4(9(13)14)5-2-6(10)8(12)7(11)3-5/h2-4,12H,1H3,(H,13,14). The molecule has 2 N–H and O–H groups in total. The average molecular weight is 263 g/mol. The average Bonchev–Trinajstić information content (AvgIpc) is 2.12. The van der Waals surface area contributed by atoms with Gasteiger partial charge in [0.25, 0.3) is 0 Å². The molecule has 0 amide bonds. The van der Waals surface area contributed by atoms with Gasteiger partial charge in [0.05, 0.1) is 10.4 Å². The van der Waals surface area contributed by atoms with E-state index in [1.165, 1.54) is 13.0 Å². The Morgan fingerprint density at radius 1 is 1.57 bits per heavy atom. The fourth-order valence-corrected chi connectivity index (χ4v) is 1.43. The van der Waals surface area contributed by atoms with Crippen molar-refractivity contribution in [2.75, 3.05) is 0 Å². The van der Waals surface area contributed by atoms with Crippen LogP contribution in [0.25, 0.3) is 0 Å². The first kappa shape index (κ1) is 11.0. The van der Waals surface area contributed by atoms with Crippen LogP contribution in [-0.2, 0) is 4.79 Å². The van der Waals surface area contributed by atoms with E-state index in [1.807, 2.05) is 0 Å². The first-order valence-electron chi connectivity index (χ1n) is 3.84. The molecule has 0 saturated carbocycles. The molecule has 1 aromatic rings. The maximum Gasteiger partial charge on any atom is 0.310 e. The van der Waals surface area contributed by atoms with Gasteiger partial charge in [0, 0.05) is 0 Å². The van der Waals surface area contributed by atoms with E-state index in [0.717, 1.165) is 6.07 Å². The number of benzene rings is 1. The van der Waals surface area contributed by atoms with Gasteiger partial charge in [-0.3, -0.25) is 4.79 Å². The van der Waals surface area contributed by atoms with Gasteiger partial charge in [0.1, 0.15) is 0 Å². The molecule has 0 spiro atoms. The van der Waals surface area contributed by atoms with Gasteiger partial charge in [-0.05, 0) is 40.5 Å². The Hall–Kier alpha value is -1.10.